The van der Waals surface area contributed by atoms with Gasteiger partial charge in [0.15, 0.2) is 18.1 Å². The summed E-state index contributed by atoms with van der Waals surface area (Å²) in [4.78, 5) is 31.5. The van der Waals surface area contributed by atoms with E-state index in [0.717, 1.165) is 5.56 Å². The number of benzene rings is 1. The quantitative estimate of drug-likeness (QED) is 0.529. The molecule has 0 aliphatic rings. The highest BCUT2D eigenvalue weighted by molar-refractivity contribution is 5.77. The molecular weight excluding hydrogens is 362 g/mol. The van der Waals surface area contributed by atoms with E-state index in [4.69, 9.17) is 9.47 Å². The molecule has 0 saturated carbocycles. The summed E-state index contributed by atoms with van der Waals surface area (Å²) in [6.07, 6.45) is 3.56. The van der Waals surface area contributed by atoms with Gasteiger partial charge in [-0.05, 0) is 30.7 Å². The number of ether oxygens (including phenoxy) is 2. The van der Waals surface area contributed by atoms with Gasteiger partial charge in [0.1, 0.15) is 0 Å². The zero-order valence-corrected chi connectivity index (χ0v) is 16.0. The second-order valence-corrected chi connectivity index (χ2v) is 5.75. The van der Waals surface area contributed by atoms with Crippen molar-refractivity contribution in [3.63, 3.8) is 0 Å². The van der Waals surface area contributed by atoms with Crippen molar-refractivity contribution >= 4 is 17.8 Å². The fourth-order valence-corrected chi connectivity index (χ4v) is 2.30. The first kappa shape index (κ1) is 20.9. The Labute approximate surface area is 163 Å². The normalized spacial score (nSPS) is 10.1. The van der Waals surface area contributed by atoms with Crippen molar-refractivity contribution in [1.82, 2.24) is 20.6 Å². The molecule has 1 heterocycles. The first-order valence-corrected chi connectivity index (χ1v) is 8.96. The van der Waals surface area contributed by atoms with E-state index in [0.29, 0.717) is 43.5 Å². The Morgan fingerprint density at radius 3 is 2.57 bits per heavy atom. The third-order valence-corrected chi connectivity index (χ3v) is 3.65. The maximum absolute atomic E-state index is 12.0. The molecule has 3 N–H and O–H groups in total. The molecule has 0 unspecified atom stereocenters. The molecule has 1 aromatic heterocycles. The molecule has 0 aliphatic heterocycles. The minimum Gasteiger partial charge on any atom is -0.493 e. The number of hydrogen-bond acceptors (Lipinski definition) is 7. The van der Waals surface area contributed by atoms with Crippen molar-refractivity contribution in [3.8, 4) is 11.5 Å². The molecule has 0 saturated heterocycles. The highest BCUT2D eigenvalue weighted by atomic mass is 16.5. The zero-order chi connectivity index (χ0) is 20.2. The Hall–Kier alpha value is -3.36. The van der Waals surface area contributed by atoms with Crippen molar-refractivity contribution < 1.29 is 19.1 Å². The number of amides is 2. The molecule has 0 atom stereocenters. The lowest BCUT2D eigenvalue weighted by Gasteiger charge is -2.12. The predicted molar refractivity (Wildman–Crippen MR) is 104 cm³/mol. The second-order valence-electron chi connectivity index (χ2n) is 5.75. The van der Waals surface area contributed by atoms with Gasteiger partial charge in [-0.2, -0.15) is 0 Å². The summed E-state index contributed by atoms with van der Waals surface area (Å²) >= 11 is 0. The van der Waals surface area contributed by atoms with Gasteiger partial charge >= 0.3 is 0 Å². The van der Waals surface area contributed by atoms with Crippen LogP contribution in [-0.4, -0.2) is 48.6 Å². The molecule has 0 aliphatic carbocycles. The molecule has 2 amide bonds. The smallest absolute Gasteiger partial charge is 0.257 e. The van der Waals surface area contributed by atoms with E-state index in [2.05, 4.69) is 25.9 Å². The monoisotopic (exact) mass is 387 g/mol. The van der Waals surface area contributed by atoms with Crippen LogP contribution < -0.4 is 25.4 Å². The van der Waals surface area contributed by atoms with Crippen molar-refractivity contribution in [2.24, 2.45) is 0 Å². The van der Waals surface area contributed by atoms with Gasteiger partial charge < -0.3 is 25.4 Å². The Morgan fingerprint density at radius 1 is 1.07 bits per heavy atom. The lowest BCUT2D eigenvalue weighted by Crippen LogP contribution is -2.28. The van der Waals surface area contributed by atoms with Crippen molar-refractivity contribution in [3.05, 3.63) is 42.2 Å². The average Bonchev–Trinajstić information content (AvgIpc) is 2.72. The number of carbonyl (C=O) groups is 2. The molecule has 0 fully saturated rings. The van der Waals surface area contributed by atoms with Gasteiger partial charge in [0.2, 0.25) is 11.9 Å². The van der Waals surface area contributed by atoms with Gasteiger partial charge in [0, 0.05) is 38.4 Å². The minimum atomic E-state index is -0.199. The number of likely N-dealkylation sites (N-methyl/N-ethyl adjacent to an activating group) is 1. The van der Waals surface area contributed by atoms with E-state index < -0.39 is 0 Å². The molecule has 2 rings (SSSR count). The van der Waals surface area contributed by atoms with Gasteiger partial charge in [0.05, 0.1) is 7.11 Å². The van der Waals surface area contributed by atoms with Crippen molar-refractivity contribution in [1.29, 1.82) is 0 Å². The molecule has 0 bridgehead atoms. The standard InChI is InChI=1S/C19H25N5O4/c1-3-20-18(26)13-28-15-6-5-14(11-16(15)27-2)12-24-17(25)7-10-23-19-21-8-4-9-22-19/h4-6,8-9,11H,3,7,10,12-13H2,1-2H3,(H,20,26)(H,24,25)(H,21,22,23). The predicted octanol–water partition coefficient (Wildman–Crippen LogP) is 1.12. The van der Waals surface area contributed by atoms with E-state index >= 15 is 0 Å². The summed E-state index contributed by atoms with van der Waals surface area (Å²) in [5.41, 5.74) is 0.856. The summed E-state index contributed by atoms with van der Waals surface area (Å²) < 4.78 is 10.8. The van der Waals surface area contributed by atoms with Crippen LogP contribution in [-0.2, 0) is 16.1 Å². The molecule has 28 heavy (non-hydrogen) atoms. The summed E-state index contributed by atoms with van der Waals surface area (Å²) in [7, 11) is 1.52. The Kier molecular flexibility index (Phi) is 8.51. The van der Waals surface area contributed by atoms with Crippen molar-refractivity contribution in [2.45, 2.75) is 19.9 Å². The third-order valence-electron chi connectivity index (χ3n) is 3.65. The molecule has 9 heteroatoms. The maximum atomic E-state index is 12.0. The van der Waals surface area contributed by atoms with Gasteiger partial charge in [-0.15, -0.1) is 0 Å². The molecule has 2 aromatic rings. The second kappa shape index (κ2) is 11.4. The number of methoxy groups -OCH3 is 1. The van der Waals surface area contributed by atoms with E-state index in [-0.39, 0.29) is 18.4 Å². The summed E-state index contributed by atoms with van der Waals surface area (Å²) in [5, 5.41) is 8.48. The van der Waals surface area contributed by atoms with Gasteiger partial charge in [0.25, 0.3) is 5.91 Å². The molecule has 9 nitrogen and oxygen atoms in total. The number of anilines is 1. The number of aromatic nitrogens is 2. The topological polar surface area (TPSA) is 114 Å². The number of rotatable bonds is 11. The lowest BCUT2D eigenvalue weighted by atomic mass is 10.2. The van der Waals surface area contributed by atoms with E-state index in [9.17, 15) is 9.59 Å². The van der Waals surface area contributed by atoms with Crippen LogP contribution in [0, 0.1) is 0 Å². The largest absolute Gasteiger partial charge is 0.493 e. The van der Waals surface area contributed by atoms with Crippen LogP contribution in [0.4, 0.5) is 5.95 Å². The van der Waals surface area contributed by atoms with Crippen LogP contribution in [0.5, 0.6) is 11.5 Å². The van der Waals surface area contributed by atoms with Gasteiger partial charge in [-0.1, -0.05) is 6.07 Å². The average molecular weight is 387 g/mol. The fraction of sp³-hybridized carbons (Fsp3) is 0.368. The van der Waals surface area contributed by atoms with Crippen LogP contribution in [0.1, 0.15) is 18.9 Å². The molecule has 150 valence electrons. The zero-order valence-electron chi connectivity index (χ0n) is 16.0. The summed E-state index contributed by atoms with van der Waals surface area (Å²) in [6.45, 7) is 3.09. The number of nitrogens with zero attached hydrogens (tertiary/aromatic N) is 2. The highest BCUT2D eigenvalue weighted by Gasteiger charge is 2.09. The summed E-state index contributed by atoms with van der Waals surface area (Å²) in [6, 6.07) is 7.02. The van der Waals surface area contributed by atoms with Crippen LogP contribution in [0.2, 0.25) is 0 Å². The first-order valence-electron chi connectivity index (χ1n) is 8.96. The van der Waals surface area contributed by atoms with E-state index in [1.807, 2.05) is 13.0 Å². The molecule has 0 radical (unpaired) electrons. The maximum Gasteiger partial charge on any atom is 0.257 e. The molecular formula is C19H25N5O4. The molecule has 1 aromatic carbocycles. The van der Waals surface area contributed by atoms with Crippen LogP contribution in [0.15, 0.2) is 36.7 Å². The highest BCUT2D eigenvalue weighted by Crippen LogP contribution is 2.28. The Morgan fingerprint density at radius 2 is 1.86 bits per heavy atom. The number of hydrogen-bond donors (Lipinski definition) is 3. The van der Waals surface area contributed by atoms with E-state index in [1.165, 1.54) is 7.11 Å². The van der Waals surface area contributed by atoms with Gasteiger partial charge in [-0.25, -0.2) is 9.97 Å². The first-order chi connectivity index (χ1) is 13.6. The summed E-state index contributed by atoms with van der Waals surface area (Å²) in [5.74, 6) is 1.16. The van der Waals surface area contributed by atoms with Crippen LogP contribution in [0.25, 0.3) is 0 Å². The van der Waals surface area contributed by atoms with Crippen molar-refractivity contribution in [2.75, 3.05) is 32.1 Å². The van der Waals surface area contributed by atoms with E-state index in [1.54, 1.807) is 30.6 Å². The number of carbonyl (C=O) groups excluding carboxylic acids is 2. The Balaban J connectivity index is 1.78. The number of nitrogens with one attached hydrogen (secondary N) is 3. The van der Waals surface area contributed by atoms with Crippen LogP contribution in [0.3, 0.4) is 0 Å². The molecule has 0 spiro atoms. The minimum absolute atomic E-state index is 0.0849. The van der Waals surface area contributed by atoms with Crippen LogP contribution >= 0.6 is 0 Å². The lowest BCUT2D eigenvalue weighted by molar-refractivity contribution is -0.123. The van der Waals surface area contributed by atoms with Gasteiger partial charge in [-0.3, -0.25) is 9.59 Å². The SMILES string of the molecule is CCNC(=O)COc1ccc(CNC(=O)CCNc2ncccn2)cc1OC. The Bertz CT molecular complexity index is 770. The fourth-order valence-electron chi connectivity index (χ4n) is 2.30. The third kappa shape index (κ3) is 7.10.